The number of benzene rings is 1. The summed E-state index contributed by atoms with van der Waals surface area (Å²) in [6.45, 7) is 0.911. The molecule has 0 amide bonds. The zero-order valence-corrected chi connectivity index (χ0v) is 10.9. The number of rotatable bonds is 5. The molecule has 17 heavy (non-hydrogen) atoms. The molecule has 0 spiro atoms. The van der Waals surface area contributed by atoms with E-state index in [4.69, 9.17) is 0 Å². The van der Waals surface area contributed by atoms with E-state index in [0.717, 1.165) is 18.1 Å². The van der Waals surface area contributed by atoms with Crippen molar-refractivity contribution in [2.75, 3.05) is 7.05 Å². The molecule has 0 saturated carbocycles. The van der Waals surface area contributed by atoms with E-state index in [0.29, 0.717) is 0 Å². The van der Waals surface area contributed by atoms with E-state index in [2.05, 4.69) is 39.7 Å². The van der Waals surface area contributed by atoms with E-state index in [-0.39, 0.29) is 0 Å². The monoisotopic (exact) mass is 248 g/mol. The van der Waals surface area contributed by atoms with Crippen molar-refractivity contribution in [3.05, 3.63) is 42.0 Å². The average Bonchev–Trinajstić information content (AvgIpc) is 2.75. The number of nitrogens with one attached hydrogen (secondary N) is 1. The lowest BCUT2D eigenvalue weighted by Crippen LogP contribution is -2.04. The largest absolute Gasteiger partial charge is 0.316 e. The van der Waals surface area contributed by atoms with Gasteiger partial charge in [-0.2, -0.15) is 5.10 Å². The molecule has 0 aliphatic rings. The van der Waals surface area contributed by atoms with Crippen LogP contribution in [0.5, 0.6) is 0 Å². The Labute approximate surface area is 105 Å². The van der Waals surface area contributed by atoms with Crippen LogP contribution < -0.4 is 5.32 Å². The molecule has 4 nitrogen and oxygen atoms in total. The van der Waals surface area contributed by atoms with E-state index in [1.54, 1.807) is 18.1 Å². The zero-order valence-electron chi connectivity index (χ0n) is 10.1. The fourth-order valence-electron chi connectivity index (χ4n) is 1.51. The first kappa shape index (κ1) is 12.1. The van der Waals surface area contributed by atoms with Gasteiger partial charge < -0.3 is 5.32 Å². The predicted octanol–water partition coefficient (Wildman–Crippen LogP) is 1.83. The smallest absolute Gasteiger partial charge is 0.138 e. The van der Waals surface area contributed by atoms with Crippen LogP contribution in [0.15, 0.2) is 35.5 Å². The molecular formula is C12H16N4S. The van der Waals surface area contributed by atoms with Crippen molar-refractivity contribution in [1.29, 1.82) is 0 Å². The second-order valence-electron chi connectivity index (χ2n) is 3.76. The normalized spacial score (nSPS) is 10.7. The molecule has 5 heteroatoms. The van der Waals surface area contributed by atoms with Crippen LogP contribution in [-0.4, -0.2) is 21.8 Å². The first-order valence-corrected chi connectivity index (χ1v) is 6.47. The fourth-order valence-corrected chi connectivity index (χ4v) is 2.39. The summed E-state index contributed by atoms with van der Waals surface area (Å²) in [5.74, 6) is 1.84. The van der Waals surface area contributed by atoms with Crippen LogP contribution in [0.25, 0.3) is 0 Å². The van der Waals surface area contributed by atoms with Crippen molar-refractivity contribution >= 4 is 11.8 Å². The van der Waals surface area contributed by atoms with Crippen LogP contribution in [0, 0.1) is 0 Å². The molecule has 0 radical (unpaired) electrons. The van der Waals surface area contributed by atoms with Gasteiger partial charge in [0.05, 0.1) is 5.75 Å². The number of aryl methyl sites for hydroxylation is 1. The maximum absolute atomic E-state index is 4.20. The second kappa shape index (κ2) is 5.84. The average molecular weight is 248 g/mol. The summed E-state index contributed by atoms with van der Waals surface area (Å²) in [6.07, 6.45) is 1.59. The van der Waals surface area contributed by atoms with Gasteiger partial charge in [-0.25, -0.2) is 4.98 Å². The third-order valence-corrected chi connectivity index (χ3v) is 3.49. The van der Waals surface area contributed by atoms with Gasteiger partial charge in [0.2, 0.25) is 0 Å². The Morgan fingerprint density at radius 2 is 2.06 bits per heavy atom. The Balaban J connectivity index is 1.93. The lowest BCUT2D eigenvalue weighted by Gasteiger charge is -2.03. The van der Waals surface area contributed by atoms with Gasteiger partial charge in [-0.15, -0.1) is 11.8 Å². The van der Waals surface area contributed by atoms with Crippen molar-refractivity contribution in [3.63, 3.8) is 0 Å². The molecule has 2 aromatic rings. The van der Waals surface area contributed by atoms with Gasteiger partial charge in [-0.3, -0.25) is 4.68 Å². The van der Waals surface area contributed by atoms with E-state index < -0.39 is 0 Å². The highest BCUT2D eigenvalue weighted by molar-refractivity contribution is 7.98. The summed E-state index contributed by atoms with van der Waals surface area (Å²) < 4.78 is 1.81. The third kappa shape index (κ3) is 3.31. The Morgan fingerprint density at radius 3 is 2.65 bits per heavy atom. The van der Waals surface area contributed by atoms with Crippen LogP contribution in [-0.2, 0) is 19.3 Å². The molecule has 0 saturated heterocycles. The maximum Gasteiger partial charge on any atom is 0.138 e. The molecule has 0 aliphatic carbocycles. The van der Waals surface area contributed by atoms with Gasteiger partial charge in [0, 0.05) is 18.5 Å². The van der Waals surface area contributed by atoms with E-state index in [9.17, 15) is 0 Å². The highest BCUT2D eigenvalue weighted by Crippen LogP contribution is 2.21. The summed E-state index contributed by atoms with van der Waals surface area (Å²) in [6, 6.07) is 8.59. The van der Waals surface area contributed by atoms with E-state index in [1.165, 1.54) is 10.5 Å². The molecule has 0 atom stereocenters. The molecule has 90 valence electrons. The summed E-state index contributed by atoms with van der Waals surface area (Å²) in [4.78, 5) is 5.46. The number of aromatic nitrogens is 3. The van der Waals surface area contributed by atoms with Gasteiger partial charge in [0.1, 0.15) is 12.2 Å². The minimum Gasteiger partial charge on any atom is -0.316 e. The van der Waals surface area contributed by atoms with Crippen molar-refractivity contribution in [1.82, 2.24) is 20.1 Å². The Kier molecular flexibility index (Phi) is 4.17. The molecular weight excluding hydrogens is 232 g/mol. The zero-order chi connectivity index (χ0) is 12.1. The lowest BCUT2D eigenvalue weighted by atomic mass is 10.2. The lowest BCUT2D eigenvalue weighted by molar-refractivity contribution is 0.730. The van der Waals surface area contributed by atoms with Crippen LogP contribution >= 0.6 is 11.8 Å². The van der Waals surface area contributed by atoms with Gasteiger partial charge >= 0.3 is 0 Å². The van der Waals surface area contributed by atoms with Crippen molar-refractivity contribution in [3.8, 4) is 0 Å². The molecule has 1 N–H and O–H groups in total. The summed E-state index contributed by atoms with van der Waals surface area (Å²) >= 11 is 1.78. The number of hydrogen-bond donors (Lipinski definition) is 1. The number of hydrogen-bond acceptors (Lipinski definition) is 4. The topological polar surface area (TPSA) is 42.7 Å². The first-order chi connectivity index (χ1) is 8.29. The minimum atomic E-state index is 0.849. The molecule has 0 aliphatic heterocycles. The first-order valence-electron chi connectivity index (χ1n) is 5.49. The SMILES string of the molecule is CNCc1ccc(SCc2ncnn2C)cc1. The van der Waals surface area contributed by atoms with Crippen molar-refractivity contribution in [2.45, 2.75) is 17.2 Å². The molecule has 0 unspecified atom stereocenters. The summed E-state index contributed by atoms with van der Waals surface area (Å²) in [5.41, 5.74) is 1.30. The molecule has 0 fully saturated rings. The highest BCUT2D eigenvalue weighted by Gasteiger charge is 2.01. The van der Waals surface area contributed by atoms with Gasteiger partial charge in [-0.1, -0.05) is 12.1 Å². The van der Waals surface area contributed by atoms with Gasteiger partial charge in [-0.05, 0) is 24.7 Å². The Hall–Kier alpha value is -1.33. The standard InChI is InChI=1S/C12H16N4S/c1-13-7-10-3-5-11(6-4-10)17-8-12-14-9-15-16(12)2/h3-6,9,13H,7-8H2,1-2H3. The number of thioether (sulfide) groups is 1. The van der Waals surface area contributed by atoms with E-state index in [1.807, 2.05) is 18.8 Å². The fraction of sp³-hybridized carbons (Fsp3) is 0.333. The third-order valence-electron chi connectivity index (χ3n) is 2.48. The second-order valence-corrected chi connectivity index (χ2v) is 4.81. The van der Waals surface area contributed by atoms with Crippen LogP contribution in [0.3, 0.4) is 0 Å². The predicted molar refractivity (Wildman–Crippen MR) is 69.8 cm³/mol. The molecule has 1 aromatic heterocycles. The number of nitrogens with zero attached hydrogens (tertiary/aromatic N) is 3. The van der Waals surface area contributed by atoms with Crippen LogP contribution in [0.1, 0.15) is 11.4 Å². The summed E-state index contributed by atoms with van der Waals surface area (Å²) in [5, 5.41) is 7.19. The van der Waals surface area contributed by atoms with E-state index >= 15 is 0 Å². The van der Waals surface area contributed by atoms with Crippen LogP contribution in [0.2, 0.25) is 0 Å². The molecule has 1 heterocycles. The molecule has 1 aromatic carbocycles. The van der Waals surface area contributed by atoms with Gasteiger partial charge in [0.25, 0.3) is 0 Å². The quantitative estimate of drug-likeness (QED) is 0.820. The Bertz CT molecular complexity index is 464. The molecule has 0 bridgehead atoms. The highest BCUT2D eigenvalue weighted by atomic mass is 32.2. The van der Waals surface area contributed by atoms with Crippen molar-refractivity contribution in [2.24, 2.45) is 7.05 Å². The van der Waals surface area contributed by atoms with Gasteiger partial charge in [0.15, 0.2) is 0 Å². The summed E-state index contributed by atoms with van der Waals surface area (Å²) in [7, 11) is 3.87. The Morgan fingerprint density at radius 1 is 1.29 bits per heavy atom. The maximum atomic E-state index is 4.20. The van der Waals surface area contributed by atoms with Crippen LogP contribution in [0.4, 0.5) is 0 Å². The van der Waals surface area contributed by atoms with Crippen molar-refractivity contribution < 1.29 is 0 Å². The molecule has 2 rings (SSSR count). The minimum absolute atomic E-state index is 0.849.